The van der Waals surface area contributed by atoms with Crippen LogP contribution < -0.4 is 20.7 Å². The Hall–Kier alpha value is -4.49. The van der Waals surface area contributed by atoms with Crippen LogP contribution in [0.15, 0.2) is 55.0 Å². The number of nitrogens with zero attached hydrogens (tertiary/aromatic N) is 6. The average molecular weight is 527 g/mol. The van der Waals surface area contributed by atoms with Gasteiger partial charge in [0.05, 0.1) is 30.1 Å². The molecule has 3 N–H and O–H groups in total. The minimum Gasteiger partial charge on any atom is -0.496 e. The van der Waals surface area contributed by atoms with Gasteiger partial charge in [-0.25, -0.2) is 14.4 Å². The summed E-state index contributed by atoms with van der Waals surface area (Å²) >= 11 is 0. The van der Waals surface area contributed by atoms with Crippen molar-refractivity contribution in [1.82, 2.24) is 19.7 Å². The molecule has 1 saturated heterocycles. The van der Waals surface area contributed by atoms with Crippen LogP contribution in [0.1, 0.15) is 38.3 Å². The molecule has 0 spiro atoms. The topological polar surface area (TPSA) is 118 Å². The minimum atomic E-state index is -0.524. The highest BCUT2D eigenvalue weighted by atomic mass is 19.1. The van der Waals surface area contributed by atoms with Gasteiger partial charge in [0.2, 0.25) is 0 Å². The lowest BCUT2D eigenvalue weighted by Gasteiger charge is -2.34. The number of nitrogens with one attached hydrogen (secondary N) is 1. The van der Waals surface area contributed by atoms with Crippen molar-refractivity contribution in [3.05, 3.63) is 66.4 Å². The fraction of sp³-hybridized carbons (Fsp3) is 0.310. The van der Waals surface area contributed by atoms with Gasteiger partial charge in [0.1, 0.15) is 29.3 Å². The van der Waals surface area contributed by atoms with Gasteiger partial charge in [-0.3, -0.25) is 4.68 Å². The predicted octanol–water partition coefficient (Wildman–Crippen LogP) is 5.28. The number of hydrogen-bond donors (Lipinski definition) is 2. The summed E-state index contributed by atoms with van der Waals surface area (Å²) in [6.07, 6.45) is 7.70. The number of benzene rings is 1. The quantitative estimate of drug-likeness (QED) is 0.334. The molecule has 0 aliphatic carbocycles. The number of methoxy groups -OCH3 is 1. The van der Waals surface area contributed by atoms with Gasteiger partial charge in [0, 0.05) is 60.4 Å². The maximum atomic E-state index is 14.9. The first-order valence-corrected chi connectivity index (χ1v) is 12.9. The largest absolute Gasteiger partial charge is 0.496 e. The molecule has 1 aliphatic heterocycles. The molecule has 1 atom stereocenters. The van der Waals surface area contributed by atoms with Crippen molar-refractivity contribution in [2.24, 2.45) is 5.73 Å². The third kappa shape index (κ3) is 5.40. The van der Waals surface area contributed by atoms with E-state index in [1.807, 2.05) is 29.3 Å². The van der Waals surface area contributed by atoms with Gasteiger partial charge in [-0.2, -0.15) is 10.4 Å². The molecule has 200 valence electrons. The monoisotopic (exact) mass is 526 g/mol. The van der Waals surface area contributed by atoms with Crippen LogP contribution in [0.5, 0.6) is 5.75 Å². The second kappa shape index (κ2) is 11.1. The fourth-order valence-corrected chi connectivity index (χ4v) is 4.83. The van der Waals surface area contributed by atoms with Crippen molar-refractivity contribution in [3.63, 3.8) is 0 Å². The van der Waals surface area contributed by atoms with E-state index >= 15 is 0 Å². The summed E-state index contributed by atoms with van der Waals surface area (Å²) in [5.74, 6) is 0.754. The average Bonchev–Trinajstić information content (AvgIpc) is 3.43. The number of ether oxygens (including phenoxy) is 1. The number of anilines is 3. The molecule has 0 unspecified atom stereocenters. The Morgan fingerprint density at radius 2 is 2.05 bits per heavy atom. The van der Waals surface area contributed by atoms with E-state index in [2.05, 4.69) is 45.2 Å². The first kappa shape index (κ1) is 26.1. The summed E-state index contributed by atoms with van der Waals surface area (Å²) in [7, 11) is 1.46. The van der Waals surface area contributed by atoms with Crippen molar-refractivity contribution < 1.29 is 9.13 Å². The van der Waals surface area contributed by atoms with Gasteiger partial charge in [-0.05, 0) is 51.0 Å². The van der Waals surface area contributed by atoms with E-state index in [9.17, 15) is 9.65 Å². The van der Waals surface area contributed by atoms with Crippen molar-refractivity contribution in [2.45, 2.75) is 38.8 Å². The highest BCUT2D eigenvalue weighted by Crippen LogP contribution is 2.36. The number of rotatable bonds is 7. The Labute approximate surface area is 227 Å². The molecule has 39 heavy (non-hydrogen) atoms. The number of halogens is 1. The zero-order chi connectivity index (χ0) is 27.5. The first-order chi connectivity index (χ1) is 18.9. The van der Waals surface area contributed by atoms with E-state index in [0.717, 1.165) is 42.7 Å². The number of hydrogen-bond acceptors (Lipinski definition) is 8. The second-order valence-electron chi connectivity index (χ2n) is 9.88. The summed E-state index contributed by atoms with van der Waals surface area (Å²) in [6.45, 7) is 5.79. The molecule has 3 aromatic heterocycles. The Kier molecular flexibility index (Phi) is 7.43. The van der Waals surface area contributed by atoms with Crippen LogP contribution in [-0.2, 0) is 0 Å². The zero-order valence-electron chi connectivity index (χ0n) is 22.2. The molecule has 4 heterocycles. The predicted molar refractivity (Wildman–Crippen MR) is 149 cm³/mol. The Bertz CT molecular complexity index is 1530. The van der Waals surface area contributed by atoms with Gasteiger partial charge < -0.3 is 20.7 Å². The van der Waals surface area contributed by atoms with E-state index in [1.165, 1.54) is 13.2 Å². The Morgan fingerprint density at radius 1 is 1.21 bits per heavy atom. The van der Waals surface area contributed by atoms with Crippen molar-refractivity contribution in [1.29, 1.82) is 5.26 Å². The third-order valence-corrected chi connectivity index (χ3v) is 6.83. The molecule has 1 fully saturated rings. The smallest absolute Gasteiger partial charge is 0.136 e. The van der Waals surface area contributed by atoms with E-state index in [0.29, 0.717) is 17.4 Å². The molecule has 1 aromatic carbocycles. The van der Waals surface area contributed by atoms with Crippen LogP contribution in [0.2, 0.25) is 0 Å². The Balaban J connectivity index is 1.54. The van der Waals surface area contributed by atoms with Crippen molar-refractivity contribution >= 4 is 17.3 Å². The highest BCUT2D eigenvalue weighted by Gasteiger charge is 2.22. The summed E-state index contributed by atoms with van der Waals surface area (Å²) < 4.78 is 22.1. The van der Waals surface area contributed by atoms with Crippen LogP contribution in [0, 0.1) is 17.1 Å². The summed E-state index contributed by atoms with van der Waals surface area (Å²) in [5, 5.41) is 17.4. The van der Waals surface area contributed by atoms with Crippen molar-refractivity contribution in [3.8, 4) is 34.2 Å². The van der Waals surface area contributed by atoms with Gasteiger partial charge >= 0.3 is 0 Å². The van der Waals surface area contributed by atoms with Crippen molar-refractivity contribution in [2.75, 3.05) is 30.4 Å². The molecule has 4 aromatic rings. The number of nitrogens with two attached hydrogens (primary N) is 1. The number of nitriles is 1. The van der Waals surface area contributed by atoms with E-state index in [1.54, 1.807) is 24.3 Å². The molecule has 0 bridgehead atoms. The van der Waals surface area contributed by atoms with Gasteiger partial charge in [0.25, 0.3) is 0 Å². The van der Waals surface area contributed by atoms with Gasteiger partial charge in [0.15, 0.2) is 0 Å². The molecule has 0 saturated carbocycles. The standard InChI is InChI=1S/C29H31FN8O/c1-18(2)38-16-20(14-34-38)22-15-33-27(12-24(22)37-11-5-6-21(32)17-37)35-26-10-9-19(13-31)29(36-26)28-23(30)7-4-8-25(28)39-3/h4,7-10,12,14-16,18,21H,5-6,11,17,32H2,1-3H3,(H,33,35,36)/t21-/m0/s1. The summed E-state index contributed by atoms with van der Waals surface area (Å²) in [5.41, 5.74) is 9.82. The number of piperidine rings is 1. The van der Waals surface area contributed by atoms with Crippen LogP contribution in [0.3, 0.4) is 0 Å². The van der Waals surface area contributed by atoms with Gasteiger partial charge in [-0.1, -0.05) is 6.07 Å². The van der Waals surface area contributed by atoms with E-state index < -0.39 is 5.82 Å². The van der Waals surface area contributed by atoms with Crippen LogP contribution >= 0.6 is 0 Å². The SMILES string of the molecule is COc1cccc(F)c1-c1nc(Nc2cc(N3CCC[C@H](N)C3)c(-c3cnn(C(C)C)c3)cn2)ccc1C#N. The molecule has 9 nitrogen and oxygen atoms in total. The lowest BCUT2D eigenvalue weighted by atomic mass is 10.0. The second-order valence-corrected chi connectivity index (χ2v) is 9.88. The molecule has 5 rings (SSSR count). The van der Waals surface area contributed by atoms with Crippen LogP contribution in [0.25, 0.3) is 22.4 Å². The fourth-order valence-electron chi connectivity index (χ4n) is 4.83. The first-order valence-electron chi connectivity index (χ1n) is 12.9. The van der Waals surface area contributed by atoms with Gasteiger partial charge in [-0.15, -0.1) is 0 Å². The molecule has 0 radical (unpaired) electrons. The molecule has 1 aliphatic rings. The minimum absolute atomic E-state index is 0.0908. The normalized spacial score (nSPS) is 15.3. The molecule has 10 heteroatoms. The van der Waals surface area contributed by atoms with E-state index in [-0.39, 0.29) is 28.9 Å². The van der Waals surface area contributed by atoms with E-state index in [4.69, 9.17) is 10.5 Å². The van der Waals surface area contributed by atoms with Crippen LogP contribution in [-0.4, -0.2) is 46.0 Å². The highest BCUT2D eigenvalue weighted by molar-refractivity contribution is 5.80. The summed E-state index contributed by atoms with van der Waals surface area (Å²) in [4.78, 5) is 11.5. The zero-order valence-corrected chi connectivity index (χ0v) is 22.2. The van der Waals surface area contributed by atoms with Crippen LogP contribution in [0.4, 0.5) is 21.7 Å². The molecule has 0 amide bonds. The Morgan fingerprint density at radius 3 is 2.77 bits per heavy atom. The summed E-state index contributed by atoms with van der Waals surface area (Å²) in [6, 6.07) is 12.2. The lowest BCUT2D eigenvalue weighted by molar-refractivity contribution is 0.413. The molecular weight excluding hydrogens is 495 g/mol. The third-order valence-electron chi connectivity index (χ3n) is 6.83. The number of aromatic nitrogens is 4. The maximum absolute atomic E-state index is 14.9. The maximum Gasteiger partial charge on any atom is 0.136 e. The molecular formula is C29H31FN8O. The number of pyridine rings is 2. The lowest BCUT2D eigenvalue weighted by Crippen LogP contribution is -2.43.